The lowest BCUT2D eigenvalue weighted by Crippen LogP contribution is -2.60. The Hall–Kier alpha value is -4.00. The van der Waals surface area contributed by atoms with Crippen LogP contribution in [0.4, 0.5) is 0 Å². The third-order valence-electron chi connectivity index (χ3n) is 7.88. The van der Waals surface area contributed by atoms with E-state index in [9.17, 15) is 50.4 Å². The van der Waals surface area contributed by atoms with Gasteiger partial charge in [0, 0.05) is 17.7 Å². The number of hydrogen-bond acceptors (Lipinski definition) is 16. The molecule has 0 bridgehead atoms. The maximum Gasteiger partial charge on any atom is 0.308 e. The molecular formula is C31H36O16. The summed E-state index contributed by atoms with van der Waals surface area (Å²) in [4.78, 5) is 26.1. The number of aliphatic hydroxyl groups is 6. The van der Waals surface area contributed by atoms with Gasteiger partial charge in [-0.15, -0.1) is 0 Å². The molecule has 0 amide bonds. The number of rotatable bonds is 8. The maximum atomic E-state index is 13.8. The van der Waals surface area contributed by atoms with Crippen molar-refractivity contribution in [1.82, 2.24) is 0 Å². The molecule has 8 N–H and O–H groups in total. The molecule has 3 aromatic rings. The van der Waals surface area contributed by atoms with Crippen molar-refractivity contribution in [2.75, 3.05) is 6.61 Å². The molecular weight excluding hydrogens is 628 g/mol. The second-order valence-electron chi connectivity index (χ2n) is 11.6. The molecule has 0 aliphatic carbocycles. The molecule has 5 rings (SSSR count). The van der Waals surface area contributed by atoms with Crippen molar-refractivity contribution in [2.24, 2.45) is 5.92 Å². The summed E-state index contributed by atoms with van der Waals surface area (Å²) in [6.45, 7) is 3.87. The van der Waals surface area contributed by atoms with Crippen molar-refractivity contribution in [3.8, 4) is 34.3 Å². The minimum absolute atomic E-state index is 0.121. The van der Waals surface area contributed by atoms with Gasteiger partial charge < -0.3 is 69.0 Å². The van der Waals surface area contributed by atoms with Gasteiger partial charge >= 0.3 is 5.97 Å². The Labute approximate surface area is 266 Å². The number of carbonyl (C=O) groups is 1. The van der Waals surface area contributed by atoms with Crippen molar-refractivity contribution in [2.45, 2.75) is 82.2 Å². The lowest BCUT2D eigenvalue weighted by molar-refractivity contribution is -0.277. The fourth-order valence-electron chi connectivity index (χ4n) is 5.15. The molecule has 1 aromatic heterocycles. The fraction of sp³-hybridized carbons (Fsp3) is 0.484. The number of benzene rings is 2. The van der Waals surface area contributed by atoms with Gasteiger partial charge in [0.25, 0.3) is 0 Å². The Balaban J connectivity index is 1.54. The molecule has 0 spiro atoms. The molecule has 2 aliphatic rings. The zero-order valence-electron chi connectivity index (χ0n) is 25.4. The van der Waals surface area contributed by atoms with E-state index in [4.69, 9.17) is 28.1 Å². The van der Waals surface area contributed by atoms with E-state index in [0.29, 0.717) is 0 Å². The summed E-state index contributed by atoms with van der Waals surface area (Å²) in [6, 6.07) is 7.52. The summed E-state index contributed by atoms with van der Waals surface area (Å²) in [7, 11) is 0. The van der Waals surface area contributed by atoms with Crippen molar-refractivity contribution in [3.63, 3.8) is 0 Å². The monoisotopic (exact) mass is 664 g/mol. The van der Waals surface area contributed by atoms with Crippen molar-refractivity contribution in [1.29, 1.82) is 0 Å². The number of phenols is 2. The summed E-state index contributed by atoms with van der Waals surface area (Å²) >= 11 is 0. The summed E-state index contributed by atoms with van der Waals surface area (Å²) in [5, 5.41) is 82.2. The highest BCUT2D eigenvalue weighted by Gasteiger charge is 2.47. The molecule has 47 heavy (non-hydrogen) atoms. The van der Waals surface area contributed by atoms with Crippen LogP contribution in [-0.2, 0) is 19.0 Å². The number of aromatic hydroxyl groups is 2. The number of esters is 1. The summed E-state index contributed by atoms with van der Waals surface area (Å²) in [6.07, 6.45) is -15.5. The molecule has 16 nitrogen and oxygen atoms in total. The highest BCUT2D eigenvalue weighted by molar-refractivity contribution is 5.88. The van der Waals surface area contributed by atoms with Gasteiger partial charge in [0.05, 0.1) is 18.6 Å². The van der Waals surface area contributed by atoms with Gasteiger partial charge in [0.15, 0.2) is 18.0 Å². The van der Waals surface area contributed by atoms with E-state index >= 15 is 0 Å². The quantitative estimate of drug-likeness (QED) is 0.141. The Morgan fingerprint density at radius 3 is 2.17 bits per heavy atom. The number of fused-ring (bicyclic) bond motifs is 1. The van der Waals surface area contributed by atoms with Gasteiger partial charge in [0.1, 0.15) is 58.7 Å². The maximum absolute atomic E-state index is 13.8. The lowest BCUT2D eigenvalue weighted by atomic mass is 9.99. The molecule has 10 atom stereocenters. The van der Waals surface area contributed by atoms with Gasteiger partial charge in [-0.3, -0.25) is 9.59 Å². The van der Waals surface area contributed by atoms with E-state index in [2.05, 4.69) is 0 Å². The second kappa shape index (κ2) is 13.6. The van der Waals surface area contributed by atoms with E-state index < -0.39 is 102 Å². The SMILES string of the molecule is CC(C)C(=O)OC1C(O)[C@H](Oc2cc(O)c3c(=O)c(O[C@@H]4OC(CO)C(O)C(O)C4O)c(-c4ccc(O)cc4)oc3c2)OC(C)[C@@H]1O. The topological polar surface area (TPSA) is 255 Å². The number of ether oxygens (including phenoxy) is 5. The molecule has 0 saturated carbocycles. The van der Waals surface area contributed by atoms with Crippen LogP contribution in [0.25, 0.3) is 22.3 Å². The standard InChI is InChI=1S/C31H36O16/c1-11(2)29(41)46-27-20(35)12(3)42-31(25(27)40)43-15-8-16(34)19-17(9-15)44-26(13-4-6-14(33)7-5-13)28(22(19)37)47-30-24(39)23(38)21(36)18(10-32)45-30/h4-9,11-12,18,20-21,23-25,27,30-36,38-40H,10H2,1-3H3/t12?,18?,20-,21?,23?,24?,25?,27?,30-,31-/m0/s1. The summed E-state index contributed by atoms with van der Waals surface area (Å²) in [5.41, 5.74) is -1.05. The highest BCUT2D eigenvalue weighted by atomic mass is 16.7. The van der Waals surface area contributed by atoms with Crippen LogP contribution in [0.2, 0.25) is 0 Å². The molecule has 2 saturated heterocycles. The minimum Gasteiger partial charge on any atom is -0.508 e. The normalized spacial score (nSPS) is 31.1. The molecule has 16 heteroatoms. The first-order chi connectivity index (χ1) is 22.2. The highest BCUT2D eigenvalue weighted by Crippen LogP contribution is 2.38. The molecule has 2 aliphatic heterocycles. The van der Waals surface area contributed by atoms with Crippen LogP contribution >= 0.6 is 0 Å². The zero-order chi connectivity index (χ0) is 34.3. The Kier molecular flexibility index (Phi) is 9.95. The van der Waals surface area contributed by atoms with E-state index in [1.54, 1.807) is 13.8 Å². The average molecular weight is 665 g/mol. The summed E-state index contributed by atoms with van der Waals surface area (Å²) in [5.74, 6) is -3.06. The van der Waals surface area contributed by atoms with Gasteiger partial charge in [-0.25, -0.2) is 0 Å². The van der Waals surface area contributed by atoms with Crippen LogP contribution in [0, 0.1) is 5.92 Å². The van der Waals surface area contributed by atoms with Gasteiger partial charge in [-0.05, 0) is 31.2 Å². The van der Waals surface area contributed by atoms with Crippen LogP contribution in [-0.4, -0.2) is 115 Å². The smallest absolute Gasteiger partial charge is 0.308 e. The van der Waals surface area contributed by atoms with E-state index in [-0.39, 0.29) is 28.4 Å². The van der Waals surface area contributed by atoms with Crippen LogP contribution in [0.1, 0.15) is 20.8 Å². The van der Waals surface area contributed by atoms with E-state index in [1.807, 2.05) is 0 Å². The Morgan fingerprint density at radius 2 is 1.53 bits per heavy atom. The third-order valence-corrected chi connectivity index (χ3v) is 7.88. The predicted octanol–water partition coefficient (Wildman–Crippen LogP) is -0.537. The minimum atomic E-state index is -1.88. The molecule has 7 unspecified atom stereocenters. The Bertz CT molecular complexity index is 1640. The average Bonchev–Trinajstić information content (AvgIpc) is 3.03. The number of aliphatic hydroxyl groups excluding tert-OH is 6. The van der Waals surface area contributed by atoms with Gasteiger partial charge in [-0.2, -0.15) is 0 Å². The fourth-order valence-corrected chi connectivity index (χ4v) is 5.15. The second-order valence-corrected chi connectivity index (χ2v) is 11.6. The third kappa shape index (κ3) is 6.72. The zero-order valence-corrected chi connectivity index (χ0v) is 25.4. The largest absolute Gasteiger partial charge is 0.508 e. The molecule has 2 aromatic carbocycles. The first-order valence-electron chi connectivity index (χ1n) is 14.7. The summed E-state index contributed by atoms with van der Waals surface area (Å²) < 4.78 is 33.7. The van der Waals surface area contributed by atoms with Crippen molar-refractivity contribution >= 4 is 16.9 Å². The Morgan fingerprint density at radius 1 is 0.872 bits per heavy atom. The first kappa shape index (κ1) is 34.3. The number of phenolic OH excluding ortho intramolecular Hbond substituents is 2. The molecule has 256 valence electrons. The van der Waals surface area contributed by atoms with E-state index in [0.717, 1.165) is 6.07 Å². The van der Waals surface area contributed by atoms with Crippen LogP contribution in [0.3, 0.4) is 0 Å². The van der Waals surface area contributed by atoms with Gasteiger partial charge in [0.2, 0.25) is 23.8 Å². The van der Waals surface area contributed by atoms with Gasteiger partial charge in [-0.1, -0.05) is 13.8 Å². The van der Waals surface area contributed by atoms with Crippen molar-refractivity contribution < 1.29 is 73.7 Å². The van der Waals surface area contributed by atoms with Crippen LogP contribution in [0.5, 0.6) is 23.0 Å². The van der Waals surface area contributed by atoms with Crippen LogP contribution in [0.15, 0.2) is 45.6 Å². The van der Waals surface area contributed by atoms with Crippen molar-refractivity contribution in [3.05, 3.63) is 46.6 Å². The predicted molar refractivity (Wildman–Crippen MR) is 157 cm³/mol. The van der Waals surface area contributed by atoms with Crippen LogP contribution < -0.4 is 14.9 Å². The van der Waals surface area contributed by atoms with E-state index in [1.165, 1.54) is 37.3 Å². The molecule has 0 radical (unpaired) electrons. The molecule has 3 heterocycles. The number of hydrogen-bond donors (Lipinski definition) is 8. The molecule has 2 fully saturated rings. The number of carbonyl (C=O) groups excluding carboxylic acids is 1. The lowest BCUT2D eigenvalue weighted by Gasteiger charge is -2.40. The first-order valence-corrected chi connectivity index (χ1v) is 14.7.